The van der Waals surface area contributed by atoms with Gasteiger partial charge in [0.1, 0.15) is 12.1 Å². The van der Waals surface area contributed by atoms with Gasteiger partial charge in [-0.15, -0.1) is 0 Å². The summed E-state index contributed by atoms with van der Waals surface area (Å²) in [6.45, 7) is -0.351. The number of hydrogen-bond acceptors (Lipinski definition) is 7. The minimum atomic E-state index is -1.19. The number of amides is 3. The maximum atomic E-state index is 12.4. The van der Waals surface area contributed by atoms with E-state index in [-0.39, 0.29) is 18.7 Å². The molecule has 0 bridgehead atoms. The first-order valence-electron chi connectivity index (χ1n) is 9.28. The SMILES string of the molecule is CSCCC(N)C(=O)NCC(=O)NC(CS)C(=O)NC(Cc1ccccc1)C(=O)O. The standard InChI is InChI=1S/C19H28N4O5S2/c1-30-8-7-13(20)17(25)21-10-16(24)22-15(11-29)18(26)23-14(19(27)28)9-12-5-3-2-4-6-12/h2-6,13-15,29H,7-11,20H2,1H3,(H,21,25)(H,22,24)(H,23,26)(H,27,28). The fourth-order valence-corrected chi connectivity index (χ4v) is 3.18. The number of nitrogens with one attached hydrogen (secondary N) is 3. The van der Waals surface area contributed by atoms with Gasteiger partial charge in [0.05, 0.1) is 12.6 Å². The molecule has 0 aliphatic carbocycles. The molecule has 1 aromatic carbocycles. The molecule has 0 saturated carbocycles. The number of carbonyl (C=O) groups is 4. The molecule has 30 heavy (non-hydrogen) atoms. The quantitative estimate of drug-likeness (QED) is 0.217. The van der Waals surface area contributed by atoms with E-state index < -0.39 is 41.8 Å². The van der Waals surface area contributed by atoms with Gasteiger partial charge >= 0.3 is 5.97 Å². The summed E-state index contributed by atoms with van der Waals surface area (Å²) in [5.74, 6) is -2.26. The minimum absolute atomic E-state index is 0.0452. The number of hydrogen-bond donors (Lipinski definition) is 6. The van der Waals surface area contributed by atoms with Gasteiger partial charge < -0.3 is 26.8 Å². The van der Waals surface area contributed by atoms with Crippen molar-refractivity contribution in [2.24, 2.45) is 5.73 Å². The Balaban J connectivity index is 2.56. The van der Waals surface area contributed by atoms with Crippen LogP contribution in [-0.4, -0.2) is 71.2 Å². The van der Waals surface area contributed by atoms with E-state index in [4.69, 9.17) is 5.73 Å². The number of rotatable bonds is 13. The molecule has 6 N–H and O–H groups in total. The Bertz CT molecular complexity index is 720. The van der Waals surface area contributed by atoms with E-state index in [1.807, 2.05) is 6.26 Å². The van der Waals surface area contributed by atoms with Crippen molar-refractivity contribution >= 4 is 48.1 Å². The highest BCUT2D eigenvalue weighted by molar-refractivity contribution is 7.98. The Kier molecular flexibility index (Phi) is 11.9. The van der Waals surface area contributed by atoms with Crippen LogP contribution < -0.4 is 21.7 Å². The molecule has 3 atom stereocenters. The molecule has 0 spiro atoms. The Morgan fingerprint density at radius 1 is 1.10 bits per heavy atom. The maximum absolute atomic E-state index is 12.4. The Labute approximate surface area is 185 Å². The molecule has 11 heteroatoms. The van der Waals surface area contributed by atoms with Gasteiger partial charge in [-0.05, 0) is 24.0 Å². The van der Waals surface area contributed by atoms with E-state index in [9.17, 15) is 24.3 Å². The lowest BCUT2D eigenvalue weighted by molar-refractivity contribution is -0.142. The van der Waals surface area contributed by atoms with Crippen LogP contribution in [0.5, 0.6) is 0 Å². The van der Waals surface area contributed by atoms with E-state index in [0.717, 1.165) is 11.3 Å². The van der Waals surface area contributed by atoms with Gasteiger partial charge in [0.2, 0.25) is 17.7 Å². The van der Waals surface area contributed by atoms with Crippen molar-refractivity contribution in [1.29, 1.82) is 0 Å². The second-order valence-electron chi connectivity index (χ2n) is 6.50. The van der Waals surface area contributed by atoms with E-state index in [0.29, 0.717) is 6.42 Å². The van der Waals surface area contributed by atoms with Gasteiger partial charge in [-0.1, -0.05) is 30.3 Å². The summed E-state index contributed by atoms with van der Waals surface area (Å²) in [5.41, 5.74) is 6.47. The molecule has 166 valence electrons. The van der Waals surface area contributed by atoms with Crippen LogP contribution in [0.25, 0.3) is 0 Å². The Morgan fingerprint density at radius 3 is 2.33 bits per heavy atom. The lowest BCUT2D eigenvalue weighted by Gasteiger charge is -2.20. The van der Waals surface area contributed by atoms with E-state index in [2.05, 4.69) is 28.6 Å². The van der Waals surface area contributed by atoms with E-state index >= 15 is 0 Å². The highest BCUT2D eigenvalue weighted by atomic mass is 32.2. The van der Waals surface area contributed by atoms with Crippen molar-refractivity contribution in [1.82, 2.24) is 16.0 Å². The van der Waals surface area contributed by atoms with Crippen molar-refractivity contribution in [3.63, 3.8) is 0 Å². The molecule has 1 aromatic rings. The van der Waals surface area contributed by atoms with Crippen molar-refractivity contribution in [3.05, 3.63) is 35.9 Å². The average molecular weight is 457 g/mol. The summed E-state index contributed by atoms with van der Waals surface area (Å²) in [6, 6.07) is 5.93. The van der Waals surface area contributed by atoms with Crippen molar-refractivity contribution in [2.45, 2.75) is 31.0 Å². The number of thioether (sulfide) groups is 1. The number of carbonyl (C=O) groups excluding carboxylic acids is 3. The molecule has 0 aliphatic heterocycles. The summed E-state index contributed by atoms with van der Waals surface area (Å²) in [5, 5.41) is 16.7. The minimum Gasteiger partial charge on any atom is -0.480 e. The van der Waals surface area contributed by atoms with Crippen LogP contribution in [0.4, 0.5) is 0 Å². The van der Waals surface area contributed by atoms with Crippen LogP contribution >= 0.6 is 24.4 Å². The highest BCUT2D eigenvalue weighted by Crippen LogP contribution is 2.04. The summed E-state index contributed by atoms with van der Waals surface area (Å²) >= 11 is 5.61. The molecule has 3 amide bonds. The third-order valence-electron chi connectivity index (χ3n) is 4.12. The molecule has 9 nitrogen and oxygen atoms in total. The number of benzene rings is 1. The molecule has 1 rings (SSSR count). The number of carboxylic acid groups (broad SMARTS) is 1. The lowest BCUT2D eigenvalue weighted by atomic mass is 10.1. The largest absolute Gasteiger partial charge is 0.480 e. The van der Waals surface area contributed by atoms with E-state index in [1.165, 1.54) is 0 Å². The smallest absolute Gasteiger partial charge is 0.326 e. The van der Waals surface area contributed by atoms with E-state index in [1.54, 1.807) is 42.1 Å². The first kappa shape index (κ1) is 25.8. The van der Waals surface area contributed by atoms with Crippen molar-refractivity contribution in [3.8, 4) is 0 Å². The van der Waals surface area contributed by atoms with Crippen LogP contribution in [-0.2, 0) is 25.6 Å². The topological polar surface area (TPSA) is 151 Å². The number of thiol groups is 1. The van der Waals surface area contributed by atoms with Crippen LogP contribution in [0.3, 0.4) is 0 Å². The summed E-state index contributed by atoms with van der Waals surface area (Å²) in [4.78, 5) is 47.9. The van der Waals surface area contributed by atoms with Crippen LogP contribution in [0.2, 0.25) is 0 Å². The van der Waals surface area contributed by atoms with Crippen molar-refractivity contribution in [2.75, 3.05) is 24.3 Å². The fraction of sp³-hybridized carbons (Fsp3) is 0.474. The number of aliphatic carboxylic acids is 1. The molecule has 3 unspecified atom stereocenters. The first-order chi connectivity index (χ1) is 14.3. The Morgan fingerprint density at radius 2 is 1.77 bits per heavy atom. The van der Waals surface area contributed by atoms with Crippen LogP contribution in [0, 0.1) is 0 Å². The second-order valence-corrected chi connectivity index (χ2v) is 7.85. The normalized spacial score (nSPS) is 13.6. The van der Waals surface area contributed by atoms with Gasteiger partial charge in [0.25, 0.3) is 0 Å². The predicted molar refractivity (Wildman–Crippen MR) is 119 cm³/mol. The second kappa shape index (κ2) is 13.9. The molecule has 0 fully saturated rings. The summed E-state index contributed by atoms with van der Waals surface area (Å²) in [7, 11) is 0. The molecule has 0 radical (unpaired) electrons. The third kappa shape index (κ3) is 9.51. The zero-order chi connectivity index (χ0) is 22.5. The van der Waals surface area contributed by atoms with Crippen LogP contribution in [0.15, 0.2) is 30.3 Å². The summed E-state index contributed by atoms with van der Waals surface area (Å²) in [6.07, 6.45) is 2.48. The van der Waals surface area contributed by atoms with Gasteiger partial charge in [0.15, 0.2) is 0 Å². The van der Waals surface area contributed by atoms with Gasteiger partial charge in [-0.3, -0.25) is 14.4 Å². The molecule has 0 heterocycles. The zero-order valence-corrected chi connectivity index (χ0v) is 18.4. The molecule has 0 saturated heterocycles. The van der Waals surface area contributed by atoms with Gasteiger partial charge in [-0.2, -0.15) is 24.4 Å². The monoisotopic (exact) mass is 456 g/mol. The Hall–Kier alpha value is -2.24. The molecule has 0 aliphatic rings. The van der Waals surface area contributed by atoms with Gasteiger partial charge in [-0.25, -0.2) is 4.79 Å². The predicted octanol–water partition coefficient (Wildman–Crippen LogP) is -0.590. The molecular weight excluding hydrogens is 428 g/mol. The number of carboxylic acids is 1. The third-order valence-corrected chi connectivity index (χ3v) is 5.13. The van der Waals surface area contributed by atoms with Crippen molar-refractivity contribution < 1.29 is 24.3 Å². The maximum Gasteiger partial charge on any atom is 0.326 e. The fourth-order valence-electron chi connectivity index (χ4n) is 2.44. The number of nitrogens with two attached hydrogens (primary N) is 1. The lowest BCUT2D eigenvalue weighted by Crippen LogP contribution is -2.54. The summed E-state index contributed by atoms with van der Waals surface area (Å²) < 4.78 is 0. The first-order valence-corrected chi connectivity index (χ1v) is 11.3. The molecular formula is C19H28N4O5S2. The highest BCUT2D eigenvalue weighted by Gasteiger charge is 2.26. The molecule has 0 aromatic heterocycles. The zero-order valence-electron chi connectivity index (χ0n) is 16.7. The van der Waals surface area contributed by atoms with Gasteiger partial charge in [0, 0.05) is 12.2 Å². The van der Waals surface area contributed by atoms with Crippen LogP contribution in [0.1, 0.15) is 12.0 Å². The average Bonchev–Trinajstić information content (AvgIpc) is 2.73.